The van der Waals surface area contributed by atoms with Crippen molar-refractivity contribution < 1.29 is 0 Å². The molecular formula is C15H17ClN6. The topological polar surface area (TPSA) is 60.6 Å². The van der Waals surface area contributed by atoms with E-state index in [1.807, 2.05) is 29.9 Å². The molecule has 114 valence electrons. The minimum Gasteiger partial charge on any atom is -0.330 e. The lowest BCUT2D eigenvalue weighted by Crippen LogP contribution is -2.37. The van der Waals surface area contributed by atoms with Crippen LogP contribution in [0, 0.1) is 0 Å². The third-order valence-electron chi connectivity index (χ3n) is 4.29. The van der Waals surface area contributed by atoms with Gasteiger partial charge in [0.2, 0.25) is 0 Å². The number of halogens is 1. The second-order valence-electron chi connectivity index (χ2n) is 5.69. The van der Waals surface area contributed by atoms with E-state index in [0.29, 0.717) is 6.04 Å². The summed E-state index contributed by atoms with van der Waals surface area (Å²) in [6, 6.07) is 6.22. The zero-order valence-corrected chi connectivity index (χ0v) is 13.1. The lowest BCUT2D eigenvalue weighted by Gasteiger charge is -2.23. The second kappa shape index (κ2) is 5.37. The van der Waals surface area contributed by atoms with Crippen molar-refractivity contribution in [1.82, 2.24) is 29.6 Å². The molecule has 3 aromatic rings. The van der Waals surface area contributed by atoms with Crippen LogP contribution in [0.1, 0.15) is 18.1 Å². The monoisotopic (exact) mass is 316 g/mol. The first-order chi connectivity index (χ1) is 10.7. The van der Waals surface area contributed by atoms with E-state index in [0.717, 1.165) is 53.6 Å². The molecule has 6 nitrogen and oxygen atoms in total. The highest BCUT2D eigenvalue weighted by Gasteiger charge is 2.20. The van der Waals surface area contributed by atoms with Gasteiger partial charge < -0.3 is 9.88 Å². The third-order valence-corrected chi connectivity index (χ3v) is 4.52. The van der Waals surface area contributed by atoms with Gasteiger partial charge in [0.1, 0.15) is 18.0 Å². The maximum atomic E-state index is 6.04. The molecule has 0 spiro atoms. The van der Waals surface area contributed by atoms with E-state index in [1.54, 1.807) is 6.33 Å². The van der Waals surface area contributed by atoms with Crippen molar-refractivity contribution in [2.75, 3.05) is 0 Å². The number of rotatable bonds is 3. The summed E-state index contributed by atoms with van der Waals surface area (Å²) in [5.74, 6) is 2.09. The summed E-state index contributed by atoms with van der Waals surface area (Å²) >= 11 is 6.04. The van der Waals surface area contributed by atoms with E-state index < -0.39 is 0 Å². The Bertz CT molecular complexity index is 821. The van der Waals surface area contributed by atoms with Crippen LogP contribution in [0.4, 0.5) is 0 Å². The van der Waals surface area contributed by atoms with Gasteiger partial charge in [0.25, 0.3) is 0 Å². The third kappa shape index (κ3) is 2.38. The minimum absolute atomic E-state index is 0.401. The van der Waals surface area contributed by atoms with Gasteiger partial charge in [-0.2, -0.15) is 5.10 Å². The maximum Gasteiger partial charge on any atom is 0.138 e. The molecule has 2 aromatic heterocycles. The van der Waals surface area contributed by atoms with Gasteiger partial charge in [0, 0.05) is 24.5 Å². The van der Waals surface area contributed by atoms with Crippen LogP contribution in [0.2, 0.25) is 5.02 Å². The van der Waals surface area contributed by atoms with Gasteiger partial charge in [0.15, 0.2) is 0 Å². The standard InChI is InChI=1S/C15H17ClN6/c1-21-13-4-2-10(16)6-12(13)20-15(21)7-17-11-3-5-14-18-9-19-22(14)8-11/h2,4,6,9,11,17H,3,5,7-8H2,1H3/t11-/m0/s1. The van der Waals surface area contributed by atoms with Crippen molar-refractivity contribution in [2.24, 2.45) is 7.05 Å². The van der Waals surface area contributed by atoms with Gasteiger partial charge in [0.05, 0.1) is 24.1 Å². The lowest BCUT2D eigenvalue weighted by atomic mass is 10.1. The molecule has 1 aromatic carbocycles. The number of fused-ring (bicyclic) bond motifs is 2. The van der Waals surface area contributed by atoms with Crippen LogP contribution >= 0.6 is 11.6 Å². The molecule has 4 rings (SSSR count). The maximum absolute atomic E-state index is 6.04. The Balaban J connectivity index is 1.49. The second-order valence-corrected chi connectivity index (χ2v) is 6.13. The molecule has 1 atom stereocenters. The summed E-state index contributed by atoms with van der Waals surface area (Å²) in [6.45, 7) is 1.60. The van der Waals surface area contributed by atoms with Gasteiger partial charge >= 0.3 is 0 Å². The number of aromatic nitrogens is 5. The molecule has 1 aliphatic rings. The molecule has 22 heavy (non-hydrogen) atoms. The average Bonchev–Trinajstić information content (AvgIpc) is 3.09. The SMILES string of the molecule is Cn1c(CN[C@H]2CCc3ncnn3C2)nc2cc(Cl)ccc21. The van der Waals surface area contributed by atoms with Crippen molar-refractivity contribution in [1.29, 1.82) is 0 Å². The van der Waals surface area contributed by atoms with Gasteiger partial charge in [-0.3, -0.25) is 0 Å². The first-order valence-corrected chi connectivity index (χ1v) is 7.79. The van der Waals surface area contributed by atoms with Crippen LogP contribution in [0.15, 0.2) is 24.5 Å². The Labute approximate surface area is 133 Å². The fraction of sp³-hybridized carbons (Fsp3) is 0.400. The van der Waals surface area contributed by atoms with Crippen molar-refractivity contribution in [3.05, 3.63) is 41.2 Å². The summed E-state index contributed by atoms with van der Waals surface area (Å²) in [6.07, 6.45) is 3.68. The average molecular weight is 317 g/mol. The van der Waals surface area contributed by atoms with Crippen molar-refractivity contribution in [3.8, 4) is 0 Å². The fourth-order valence-electron chi connectivity index (χ4n) is 3.02. The number of hydrogen-bond donors (Lipinski definition) is 1. The molecule has 0 saturated heterocycles. The van der Waals surface area contributed by atoms with Crippen LogP contribution in [0.5, 0.6) is 0 Å². The Morgan fingerprint density at radius 1 is 1.41 bits per heavy atom. The van der Waals surface area contributed by atoms with Gasteiger partial charge in [-0.05, 0) is 24.6 Å². The zero-order valence-electron chi connectivity index (χ0n) is 12.3. The highest BCUT2D eigenvalue weighted by Crippen LogP contribution is 2.20. The van der Waals surface area contributed by atoms with Crippen LogP contribution < -0.4 is 5.32 Å². The van der Waals surface area contributed by atoms with Gasteiger partial charge in [-0.25, -0.2) is 14.6 Å². The Hall–Kier alpha value is -1.92. The van der Waals surface area contributed by atoms with Crippen LogP contribution in [0.25, 0.3) is 11.0 Å². The molecule has 7 heteroatoms. The largest absolute Gasteiger partial charge is 0.330 e. The molecule has 0 unspecified atom stereocenters. The molecule has 1 N–H and O–H groups in total. The molecule has 1 aliphatic heterocycles. The predicted molar refractivity (Wildman–Crippen MR) is 84.7 cm³/mol. The first kappa shape index (κ1) is 13.7. The Kier molecular flexibility index (Phi) is 3.35. The fourth-order valence-corrected chi connectivity index (χ4v) is 3.19. The van der Waals surface area contributed by atoms with Gasteiger partial charge in [-0.15, -0.1) is 0 Å². The molecular weight excluding hydrogens is 300 g/mol. The van der Waals surface area contributed by atoms with E-state index in [9.17, 15) is 0 Å². The van der Waals surface area contributed by atoms with Crippen LogP contribution in [-0.2, 0) is 26.6 Å². The van der Waals surface area contributed by atoms with E-state index in [4.69, 9.17) is 11.6 Å². The van der Waals surface area contributed by atoms with Crippen molar-refractivity contribution >= 4 is 22.6 Å². The van der Waals surface area contributed by atoms with E-state index in [1.165, 1.54) is 0 Å². The number of benzene rings is 1. The highest BCUT2D eigenvalue weighted by atomic mass is 35.5. The molecule has 0 bridgehead atoms. The number of nitrogens with zero attached hydrogens (tertiary/aromatic N) is 5. The molecule has 3 heterocycles. The van der Waals surface area contributed by atoms with Crippen LogP contribution in [-0.4, -0.2) is 30.4 Å². The molecule has 0 fully saturated rings. The number of nitrogens with one attached hydrogen (secondary N) is 1. The summed E-state index contributed by atoms with van der Waals surface area (Å²) in [7, 11) is 2.04. The van der Waals surface area contributed by atoms with Crippen molar-refractivity contribution in [2.45, 2.75) is 32.0 Å². The molecule has 0 aliphatic carbocycles. The van der Waals surface area contributed by atoms with Gasteiger partial charge in [-0.1, -0.05) is 11.6 Å². The predicted octanol–water partition coefficient (Wildman–Crippen LogP) is 1.92. The summed E-state index contributed by atoms with van der Waals surface area (Å²) in [5.41, 5.74) is 2.04. The van der Waals surface area contributed by atoms with E-state index in [2.05, 4.69) is 25.0 Å². The Morgan fingerprint density at radius 2 is 2.32 bits per heavy atom. The Morgan fingerprint density at radius 3 is 3.23 bits per heavy atom. The van der Waals surface area contributed by atoms with Crippen LogP contribution in [0.3, 0.4) is 0 Å². The normalized spacial score (nSPS) is 17.8. The molecule has 0 saturated carbocycles. The summed E-state index contributed by atoms with van der Waals surface area (Å²) in [5, 5.41) is 8.55. The number of aryl methyl sites for hydroxylation is 2. The van der Waals surface area contributed by atoms with E-state index in [-0.39, 0.29) is 0 Å². The highest BCUT2D eigenvalue weighted by molar-refractivity contribution is 6.31. The molecule has 0 amide bonds. The zero-order chi connectivity index (χ0) is 15.1. The first-order valence-electron chi connectivity index (χ1n) is 7.41. The van der Waals surface area contributed by atoms with Crippen molar-refractivity contribution in [3.63, 3.8) is 0 Å². The summed E-state index contributed by atoms with van der Waals surface area (Å²) in [4.78, 5) is 8.93. The smallest absolute Gasteiger partial charge is 0.138 e. The quantitative estimate of drug-likeness (QED) is 0.802. The number of hydrogen-bond acceptors (Lipinski definition) is 4. The number of imidazole rings is 1. The van der Waals surface area contributed by atoms with E-state index >= 15 is 0 Å². The summed E-state index contributed by atoms with van der Waals surface area (Å²) < 4.78 is 4.10. The lowest BCUT2D eigenvalue weighted by molar-refractivity contribution is 0.354. The minimum atomic E-state index is 0.401. The molecule has 0 radical (unpaired) electrons.